The predicted octanol–water partition coefficient (Wildman–Crippen LogP) is 2.13. The number of pyridine rings is 1. The topological polar surface area (TPSA) is 88.9 Å². The first kappa shape index (κ1) is 17.7. The van der Waals surface area contributed by atoms with Gasteiger partial charge in [-0.15, -0.1) is 0 Å². The number of thioether (sulfide) groups is 1. The SMILES string of the molecule is Cc1ccccc1-n1ccnc1SCC(=O)NNC(=O)c1ccccn1. The lowest BCUT2D eigenvalue weighted by Crippen LogP contribution is -2.42. The Morgan fingerprint density at radius 1 is 1.04 bits per heavy atom. The fourth-order valence-electron chi connectivity index (χ4n) is 2.27. The van der Waals surface area contributed by atoms with Gasteiger partial charge in [-0.05, 0) is 30.7 Å². The number of carbonyl (C=O) groups is 2. The van der Waals surface area contributed by atoms with E-state index in [0.717, 1.165) is 11.3 Å². The molecule has 2 N–H and O–H groups in total. The average Bonchev–Trinajstić information content (AvgIpc) is 3.14. The van der Waals surface area contributed by atoms with Crippen LogP contribution in [0.1, 0.15) is 16.1 Å². The van der Waals surface area contributed by atoms with Gasteiger partial charge in [-0.3, -0.25) is 30.0 Å². The molecule has 0 unspecified atom stereocenters. The molecule has 0 aliphatic carbocycles. The number of nitrogens with zero attached hydrogens (tertiary/aromatic N) is 3. The number of nitrogens with one attached hydrogen (secondary N) is 2. The number of hydrogen-bond donors (Lipinski definition) is 2. The van der Waals surface area contributed by atoms with Gasteiger partial charge in [-0.2, -0.15) is 0 Å². The number of rotatable bonds is 5. The van der Waals surface area contributed by atoms with Crippen LogP contribution in [0.15, 0.2) is 66.2 Å². The maximum absolute atomic E-state index is 12.0. The molecular weight excluding hydrogens is 350 g/mol. The van der Waals surface area contributed by atoms with Crippen LogP contribution in [0.3, 0.4) is 0 Å². The first-order valence-corrected chi connectivity index (χ1v) is 8.86. The maximum Gasteiger partial charge on any atom is 0.288 e. The van der Waals surface area contributed by atoms with Crippen molar-refractivity contribution in [1.82, 2.24) is 25.4 Å². The standard InChI is InChI=1S/C18H17N5O2S/c1-13-6-2-3-8-15(13)23-11-10-20-18(23)26-12-16(24)21-22-17(25)14-7-4-5-9-19-14/h2-11H,12H2,1H3,(H,21,24)(H,22,25). The number of para-hydroxylation sites is 1. The molecule has 0 radical (unpaired) electrons. The Morgan fingerprint density at radius 3 is 2.62 bits per heavy atom. The zero-order chi connectivity index (χ0) is 18.4. The monoisotopic (exact) mass is 367 g/mol. The van der Waals surface area contributed by atoms with E-state index in [1.807, 2.05) is 42.0 Å². The number of aromatic nitrogens is 3. The molecule has 0 saturated carbocycles. The highest BCUT2D eigenvalue weighted by Gasteiger charge is 2.12. The summed E-state index contributed by atoms with van der Waals surface area (Å²) in [5, 5.41) is 0.700. The summed E-state index contributed by atoms with van der Waals surface area (Å²) in [5.74, 6) is -0.685. The van der Waals surface area contributed by atoms with Gasteiger partial charge >= 0.3 is 0 Å². The van der Waals surface area contributed by atoms with Crippen LogP contribution < -0.4 is 10.9 Å². The summed E-state index contributed by atoms with van der Waals surface area (Å²) in [7, 11) is 0. The van der Waals surface area contributed by atoms with Crippen LogP contribution in [0.2, 0.25) is 0 Å². The summed E-state index contributed by atoms with van der Waals surface area (Å²) in [6.45, 7) is 2.02. The summed E-state index contributed by atoms with van der Waals surface area (Å²) in [4.78, 5) is 32.0. The summed E-state index contributed by atoms with van der Waals surface area (Å²) in [6, 6.07) is 12.9. The van der Waals surface area contributed by atoms with Gasteiger partial charge in [0.25, 0.3) is 5.91 Å². The Morgan fingerprint density at radius 2 is 1.85 bits per heavy atom. The molecule has 3 rings (SSSR count). The number of aryl methyl sites for hydroxylation is 1. The van der Waals surface area contributed by atoms with Crippen molar-refractivity contribution in [1.29, 1.82) is 0 Å². The lowest BCUT2D eigenvalue weighted by molar-refractivity contribution is -0.119. The van der Waals surface area contributed by atoms with Gasteiger partial charge in [0.2, 0.25) is 5.91 Å². The molecule has 26 heavy (non-hydrogen) atoms. The third kappa shape index (κ3) is 4.28. The van der Waals surface area contributed by atoms with Crippen LogP contribution >= 0.6 is 11.8 Å². The molecular formula is C18H17N5O2S. The molecule has 1 aromatic carbocycles. The van der Waals surface area contributed by atoms with E-state index >= 15 is 0 Å². The second-order valence-electron chi connectivity index (χ2n) is 5.37. The minimum Gasteiger partial charge on any atom is -0.295 e. The van der Waals surface area contributed by atoms with Gasteiger partial charge in [-0.1, -0.05) is 36.0 Å². The van der Waals surface area contributed by atoms with E-state index < -0.39 is 5.91 Å². The number of benzene rings is 1. The largest absolute Gasteiger partial charge is 0.295 e. The minimum absolute atomic E-state index is 0.116. The predicted molar refractivity (Wildman–Crippen MR) is 98.9 cm³/mol. The highest BCUT2D eigenvalue weighted by atomic mass is 32.2. The first-order valence-electron chi connectivity index (χ1n) is 7.87. The van der Waals surface area contributed by atoms with Crippen molar-refractivity contribution in [2.24, 2.45) is 0 Å². The minimum atomic E-state index is -0.467. The molecule has 0 aliphatic rings. The Hall–Kier alpha value is -3.13. The van der Waals surface area contributed by atoms with E-state index in [1.165, 1.54) is 18.0 Å². The summed E-state index contributed by atoms with van der Waals surface area (Å²) in [6.07, 6.45) is 5.05. The van der Waals surface area contributed by atoms with Gasteiger partial charge in [0.05, 0.1) is 11.4 Å². The summed E-state index contributed by atoms with van der Waals surface area (Å²) in [5.41, 5.74) is 7.07. The molecule has 2 aromatic heterocycles. The highest BCUT2D eigenvalue weighted by Crippen LogP contribution is 2.22. The Labute approximate surface area is 154 Å². The highest BCUT2D eigenvalue weighted by molar-refractivity contribution is 7.99. The van der Waals surface area contributed by atoms with Crippen molar-refractivity contribution in [3.8, 4) is 5.69 Å². The number of imidazole rings is 1. The van der Waals surface area contributed by atoms with Gasteiger partial charge in [0.1, 0.15) is 5.69 Å². The van der Waals surface area contributed by atoms with Crippen LogP contribution in [-0.4, -0.2) is 32.1 Å². The van der Waals surface area contributed by atoms with Crippen LogP contribution in [-0.2, 0) is 4.79 Å². The summed E-state index contributed by atoms with van der Waals surface area (Å²) < 4.78 is 1.93. The molecule has 7 nitrogen and oxygen atoms in total. The number of amides is 2. The van der Waals surface area contributed by atoms with Gasteiger partial charge in [0.15, 0.2) is 5.16 Å². The van der Waals surface area contributed by atoms with Crippen LogP contribution in [0.4, 0.5) is 0 Å². The number of hydrazine groups is 1. The Bertz CT molecular complexity index is 911. The van der Waals surface area contributed by atoms with E-state index in [-0.39, 0.29) is 17.4 Å². The lowest BCUT2D eigenvalue weighted by Gasteiger charge is -2.10. The molecule has 3 aromatic rings. The van der Waals surface area contributed by atoms with Crippen molar-refractivity contribution in [2.45, 2.75) is 12.1 Å². The zero-order valence-corrected chi connectivity index (χ0v) is 14.9. The first-order chi connectivity index (χ1) is 12.6. The van der Waals surface area contributed by atoms with Crippen molar-refractivity contribution in [3.05, 3.63) is 72.3 Å². The zero-order valence-electron chi connectivity index (χ0n) is 14.0. The van der Waals surface area contributed by atoms with Gasteiger partial charge in [-0.25, -0.2) is 4.98 Å². The average molecular weight is 367 g/mol. The Balaban J connectivity index is 1.55. The van der Waals surface area contributed by atoms with E-state index in [0.29, 0.717) is 5.16 Å². The smallest absolute Gasteiger partial charge is 0.288 e. The van der Waals surface area contributed by atoms with Crippen molar-refractivity contribution >= 4 is 23.6 Å². The fraction of sp³-hybridized carbons (Fsp3) is 0.111. The number of hydrogen-bond acceptors (Lipinski definition) is 5. The van der Waals surface area contributed by atoms with Crippen molar-refractivity contribution < 1.29 is 9.59 Å². The van der Waals surface area contributed by atoms with Crippen LogP contribution in [0.5, 0.6) is 0 Å². The molecule has 0 atom stereocenters. The van der Waals surface area contributed by atoms with Crippen LogP contribution in [0, 0.1) is 6.92 Å². The molecule has 132 valence electrons. The van der Waals surface area contributed by atoms with Crippen LogP contribution in [0.25, 0.3) is 5.69 Å². The van der Waals surface area contributed by atoms with Gasteiger partial charge < -0.3 is 0 Å². The second kappa shape index (κ2) is 8.30. The van der Waals surface area contributed by atoms with Gasteiger partial charge in [0, 0.05) is 18.6 Å². The van der Waals surface area contributed by atoms with E-state index in [1.54, 1.807) is 24.4 Å². The van der Waals surface area contributed by atoms with E-state index in [2.05, 4.69) is 20.8 Å². The molecule has 0 spiro atoms. The molecule has 2 amide bonds. The van der Waals surface area contributed by atoms with Crippen molar-refractivity contribution in [2.75, 3.05) is 5.75 Å². The lowest BCUT2D eigenvalue weighted by atomic mass is 10.2. The third-order valence-corrected chi connectivity index (χ3v) is 4.49. The van der Waals surface area contributed by atoms with Crippen molar-refractivity contribution in [3.63, 3.8) is 0 Å². The normalized spacial score (nSPS) is 10.3. The quantitative estimate of drug-likeness (QED) is 0.533. The molecule has 0 saturated heterocycles. The van der Waals surface area contributed by atoms with E-state index in [4.69, 9.17) is 0 Å². The third-order valence-electron chi connectivity index (χ3n) is 3.53. The molecule has 0 fully saturated rings. The molecule has 0 bridgehead atoms. The Kier molecular flexibility index (Phi) is 5.65. The molecule has 2 heterocycles. The summed E-state index contributed by atoms with van der Waals surface area (Å²) >= 11 is 1.29. The molecule has 8 heteroatoms. The second-order valence-corrected chi connectivity index (χ2v) is 6.31. The fourth-order valence-corrected chi connectivity index (χ4v) is 3.03. The number of carbonyl (C=O) groups excluding carboxylic acids is 2. The maximum atomic E-state index is 12.0. The molecule has 0 aliphatic heterocycles. The van der Waals surface area contributed by atoms with E-state index in [9.17, 15) is 9.59 Å².